The first-order valence-corrected chi connectivity index (χ1v) is 6.12. The zero-order chi connectivity index (χ0) is 9.80. The predicted molar refractivity (Wildman–Crippen MR) is 57.2 cm³/mol. The number of nitrogens with one attached hydrogen (secondary N) is 1. The first kappa shape index (κ1) is 10.2. The molecule has 0 radical (unpaired) electrons. The van der Waals surface area contributed by atoms with Gasteiger partial charge in [-0.25, -0.2) is 0 Å². The number of hydrogen-bond acceptors (Lipinski definition) is 2. The van der Waals surface area contributed by atoms with Gasteiger partial charge in [0.15, 0.2) is 0 Å². The van der Waals surface area contributed by atoms with Crippen LogP contribution in [0.2, 0.25) is 0 Å². The van der Waals surface area contributed by atoms with E-state index in [0.717, 1.165) is 32.4 Å². The molecule has 1 aliphatic carbocycles. The Hall–Kier alpha value is -0.370. The van der Waals surface area contributed by atoms with E-state index in [2.05, 4.69) is 5.32 Å². The Morgan fingerprint density at radius 1 is 0.929 bits per heavy atom. The summed E-state index contributed by atoms with van der Waals surface area (Å²) < 4.78 is 0. The molecule has 1 N–H and O–H groups in total. The van der Waals surface area contributed by atoms with Gasteiger partial charge >= 0.3 is 0 Å². The summed E-state index contributed by atoms with van der Waals surface area (Å²) in [6.45, 7) is 2.05. The molecule has 1 heterocycles. The van der Waals surface area contributed by atoms with Gasteiger partial charge in [0.2, 0.25) is 0 Å². The molecule has 2 heteroatoms. The number of hydrogen-bond donors (Lipinski definition) is 1. The average Bonchev–Trinajstić information content (AvgIpc) is 2.30. The zero-order valence-corrected chi connectivity index (χ0v) is 8.93. The van der Waals surface area contributed by atoms with Gasteiger partial charge in [-0.3, -0.25) is 4.79 Å². The van der Waals surface area contributed by atoms with Crippen molar-refractivity contribution in [1.29, 1.82) is 0 Å². The summed E-state index contributed by atoms with van der Waals surface area (Å²) >= 11 is 0. The lowest BCUT2D eigenvalue weighted by Crippen LogP contribution is -2.37. The number of carbonyl (C=O) groups is 1. The molecule has 0 amide bonds. The van der Waals surface area contributed by atoms with E-state index >= 15 is 0 Å². The lowest BCUT2D eigenvalue weighted by Gasteiger charge is -2.28. The summed E-state index contributed by atoms with van der Waals surface area (Å²) in [6, 6.07) is 0. The van der Waals surface area contributed by atoms with Crippen LogP contribution in [-0.2, 0) is 4.79 Å². The Kier molecular flexibility index (Phi) is 3.57. The topological polar surface area (TPSA) is 29.1 Å². The van der Waals surface area contributed by atoms with E-state index in [9.17, 15) is 4.79 Å². The van der Waals surface area contributed by atoms with Crippen LogP contribution < -0.4 is 5.32 Å². The van der Waals surface area contributed by atoms with Crippen LogP contribution in [0.15, 0.2) is 0 Å². The molecule has 0 aromatic rings. The average molecular weight is 195 g/mol. The summed E-state index contributed by atoms with van der Waals surface area (Å²) in [4.78, 5) is 12.1. The van der Waals surface area contributed by atoms with Gasteiger partial charge in [-0.05, 0) is 32.2 Å². The lowest BCUT2D eigenvalue weighted by atomic mass is 9.79. The van der Waals surface area contributed by atoms with E-state index in [0.29, 0.717) is 17.6 Å². The molecular weight excluding hydrogens is 174 g/mol. The molecule has 0 bridgehead atoms. The van der Waals surface area contributed by atoms with E-state index in [1.165, 1.54) is 25.7 Å². The minimum Gasteiger partial charge on any atom is -0.316 e. The Morgan fingerprint density at radius 3 is 2.29 bits per heavy atom. The van der Waals surface area contributed by atoms with Crippen molar-refractivity contribution in [2.24, 2.45) is 11.8 Å². The molecule has 0 aromatic carbocycles. The van der Waals surface area contributed by atoms with Crippen LogP contribution in [-0.4, -0.2) is 18.9 Å². The number of carbonyl (C=O) groups excluding carboxylic acids is 1. The van der Waals surface area contributed by atoms with E-state index < -0.39 is 0 Å². The van der Waals surface area contributed by atoms with Gasteiger partial charge in [0.25, 0.3) is 0 Å². The maximum Gasteiger partial charge on any atom is 0.140 e. The van der Waals surface area contributed by atoms with E-state index in [1.54, 1.807) is 0 Å². The first-order chi connectivity index (χ1) is 6.88. The molecule has 2 rings (SSSR count). The van der Waals surface area contributed by atoms with Crippen LogP contribution in [0.25, 0.3) is 0 Å². The Balaban J connectivity index is 1.85. The fourth-order valence-electron chi connectivity index (χ4n) is 2.82. The fourth-order valence-corrected chi connectivity index (χ4v) is 2.82. The molecule has 2 nitrogen and oxygen atoms in total. The van der Waals surface area contributed by atoms with Crippen LogP contribution >= 0.6 is 0 Å². The summed E-state index contributed by atoms with van der Waals surface area (Å²) in [7, 11) is 0. The van der Waals surface area contributed by atoms with Gasteiger partial charge in [0.1, 0.15) is 5.78 Å². The molecule has 2 fully saturated rings. The highest BCUT2D eigenvalue weighted by atomic mass is 16.1. The van der Waals surface area contributed by atoms with Crippen LogP contribution in [0.3, 0.4) is 0 Å². The monoisotopic (exact) mass is 195 g/mol. The second-order valence-corrected chi connectivity index (χ2v) is 4.78. The second-order valence-electron chi connectivity index (χ2n) is 4.78. The van der Waals surface area contributed by atoms with Crippen molar-refractivity contribution >= 4 is 5.78 Å². The van der Waals surface area contributed by atoms with Gasteiger partial charge in [-0.2, -0.15) is 0 Å². The molecule has 80 valence electrons. The highest BCUT2D eigenvalue weighted by molar-refractivity contribution is 5.83. The Labute approximate surface area is 86.5 Å². The van der Waals surface area contributed by atoms with Gasteiger partial charge in [-0.1, -0.05) is 19.3 Å². The highest BCUT2D eigenvalue weighted by Gasteiger charge is 2.28. The minimum atomic E-state index is 0.340. The standard InChI is InChI=1S/C12H21NO/c14-12(10-5-2-1-3-6-10)11-7-4-8-13-9-11/h10-11,13H,1-9H2. The molecule has 0 spiro atoms. The molecule has 1 atom stereocenters. The summed E-state index contributed by atoms with van der Waals surface area (Å²) in [5, 5.41) is 3.33. The predicted octanol–water partition coefficient (Wildman–Crippen LogP) is 2.14. The normalized spacial score (nSPS) is 30.1. The number of piperidine rings is 1. The van der Waals surface area contributed by atoms with Crippen LogP contribution in [0, 0.1) is 11.8 Å². The van der Waals surface area contributed by atoms with Crippen LogP contribution in [0.4, 0.5) is 0 Å². The quantitative estimate of drug-likeness (QED) is 0.731. The molecule has 0 aromatic heterocycles. The van der Waals surface area contributed by atoms with Gasteiger partial charge in [0, 0.05) is 18.4 Å². The third-order valence-corrected chi connectivity index (χ3v) is 3.71. The van der Waals surface area contributed by atoms with Crippen molar-refractivity contribution in [3.63, 3.8) is 0 Å². The van der Waals surface area contributed by atoms with Crippen LogP contribution in [0.1, 0.15) is 44.9 Å². The number of rotatable bonds is 2. The SMILES string of the molecule is O=C(C1CCCCC1)C1CCCNC1. The highest BCUT2D eigenvalue weighted by Crippen LogP contribution is 2.28. The molecular formula is C12H21NO. The molecule has 1 aliphatic heterocycles. The first-order valence-electron chi connectivity index (χ1n) is 6.12. The Bertz CT molecular complexity index is 170. The van der Waals surface area contributed by atoms with Crippen molar-refractivity contribution < 1.29 is 4.79 Å². The minimum absolute atomic E-state index is 0.340. The summed E-state index contributed by atoms with van der Waals surface area (Å²) in [5.41, 5.74) is 0. The lowest BCUT2D eigenvalue weighted by molar-refractivity contribution is -0.128. The van der Waals surface area contributed by atoms with Crippen molar-refractivity contribution in [3.05, 3.63) is 0 Å². The zero-order valence-electron chi connectivity index (χ0n) is 8.93. The maximum absolute atomic E-state index is 12.1. The molecule has 1 saturated carbocycles. The number of Topliss-reactive ketones (excluding diaryl/α,β-unsaturated/α-hetero) is 1. The third-order valence-electron chi connectivity index (χ3n) is 3.71. The smallest absolute Gasteiger partial charge is 0.140 e. The van der Waals surface area contributed by atoms with Gasteiger partial charge in [-0.15, -0.1) is 0 Å². The largest absolute Gasteiger partial charge is 0.316 e. The van der Waals surface area contributed by atoms with E-state index in [4.69, 9.17) is 0 Å². The van der Waals surface area contributed by atoms with Crippen molar-refractivity contribution in [2.75, 3.05) is 13.1 Å². The molecule has 1 saturated heterocycles. The molecule has 14 heavy (non-hydrogen) atoms. The van der Waals surface area contributed by atoms with Crippen molar-refractivity contribution in [2.45, 2.75) is 44.9 Å². The van der Waals surface area contributed by atoms with Crippen molar-refractivity contribution in [1.82, 2.24) is 5.32 Å². The number of ketones is 1. The maximum atomic E-state index is 12.1. The van der Waals surface area contributed by atoms with Crippen LogP contribution in [0.5, 0.6) is 0 Å². The molecule has 2 aliphatic rings. The second kappa shape index (κ2) is 4.92. The fraction of sp³-hybridized carbons (Fsp3) is 0.917. The van der Waals surface area contributed by atoms with E-state index in [1.807, 2.05) is 0 Å². The van der Waals surface area contributed by atoms with Crippen molar-refractivity contribution in [3.8, 4) is 0 Å². The summed E-state index contributed by atoms with van der Waals surface area (Å²) in [5.74, 6) is 1.32. The summed E-state index contributed by atoms with van der Waals surface area (Å²) in [6.07, 6.45) is 8.52. The molecule has 1 unspecified atom stereocenters. The van der Waals surface area contributed by atoms with Gasteiger partial charge in [0.05, 0.1) is 0 Å². The third kappa shape index (κ3) is 2.35. The van der Waals surface area contributed by atoms with E-state index in [-0.39, 0.29) is 0 Å². The Morgan fingerprint density at radius 2 is 1.64 bits per heavy atom. The van der Waals surface area contributed by atoms with Gasteiger partial charge < -0.3 is 5.32 Å².